The molecule has 1 atom stereocenters. The first-order chi connectivity index (χ1) is 7.81. The lowest BCUT2D eigenvalue weighted by Crippen LogP contribution is -2.22. The quantitative estimate of drug-likeness (QED) is 0.797. The topological polar surface area (TPSA) is 37.8 Å². The summed E-state index contributed by atoms with van der Waals surface area (Å²) in [5, 5.41) is 3.15. The van der Waals surface area contributed by atoms with Gasteiger partial charge >= 0.3 is 0 Å². The largest absolute Gasteiger partial charge is 0.364 e. The van der Waals surface area contributed by atoms with Crippen molar-refractivity contribution < 1.29 is 4.39 Å². The summed E-state index contributed by atoms with van der Waals surface area (Å²) in [4.78, 5) is 7.87. The standard InChI is InChI=1S/C12H16FN3/c1-2-10-11(13)12(15-8-14-10)16-9-6-4-3-5-7-9/h3-4,8-9H,2,5-7H2,1H3,(H,14,15,16). The van der Waals surface area contributed by atoms with Crippen LogP contribution in [0.25, 0.3) is 0 Å². The zero-order valence-corrected chi connectivity index (χ0v) is 9.41. The number of rotatable bonds is 3. The third-order valence-electron chi connectivity index (χ3n) is 2.81. The summed E-state index contributed by atoms with van der Waals surface area (Å²) in [5.41, 5.74) is 0.476. The van der Waals surface area contributed by atoms with Gasteiger partial charge in [-0.05, 0) is 25.7 Å². The molecule has 2 rings (SSSR count). The maximum absolute atomic E-state index is 13.8. The third kappa shape index (κ3) is 2.38. The number of anilines is 1. The van der Waals surface area contributed by atoms with E-state index in [0.717, 1.165) is 19.3 Å². The van der Waals surface area contributed by atoms with Gasteiger partial charge in [0.1, 0.15) is 6.33 Å². The maximum atomic E-state index is 13.8. The molecule has 1 aromatic rings. The summed E-state index contributed by atoms with van der Waals surface area (Å²) in [5.74, 6) is 0.0340. The third-order valence-corrected chi connectivity index (χ3v) is 2.81. The van der Waals surface area contributed by atoms with Crippen LogP contribution in [0.3, 0.4) is 0 Å². The van der Waals surface area contributed by atoms with Crippen molar-refractivity contribution in [1.29, 1.82) is 0 Å². The van der Waals surface area contributed by atoms with E-state index in [1.54, 1.807) is 0 Å². The molecule has 16 heavy (non-hydrogen) atoms. The van der Waals surface area contributed by atoms with Crippen LogP contribution in [0.4, 0.5) is 10.2 Å². The summed E-state index contributed by atoms with van der Waals surface area (Å²) < 4.78 is 13.8. The Hall–Kier alpha value is -1.45. The Morgan fingerprint density at radius 1 is 1.44 bits per heavy atom. The van der Waals surface area contributed by atoms with Crippen molar-refractivity contribution in [3.05, 3.63) is 30.0 Å². The van der Waals surface area contributed by atoms with E-state index in [1.165, 1.54) is 6.33 Å². The summed E-state index contributed by atoms with van der Waals surface area (Å²) in [6, 6.07) is 0.291. The van der Waals surface area contributed by atoms with E-state index in [9.17, 15) is 4.39 Å². The average Bonchev–Trinajstić information content (AvgIpc) is 2.33. The molecule has 1 unspecified atom stereocenters. The van der Waals surface area contributed by atoms with Crippen LogP contribution in [0.1, 0.15) is 31.9 Å². The molecule has 0 bridgehead atoms. The number of nitrogens with one attached hydrogen (secondary N) is 1. The molecular formula is C12H16FN3. The fourth-order valence-corrected chi connectivity index (χ4v) is 1.87. The molecule has 0 amide bonds. The van der Waals surface area contributed by atoms with Crippen LogP contribution in [-0.2, 0) is 6.42 Å². The minimum absolute atomic E-state index is 0.291. The lowest BCUT2D eigenvalue weighted by Gasteiger charge is -2.20. The van der Waals surface area contributed by atoms with Crippen LogP contribution in [0, 0.1) is 5.82 Å². The van der Waals surface area contributed by atoms with Gasteiger partial charge in [0.25, 0.3) is 0 Å². The van der Waals surface area contributed by atoms with Gasteiger partial charge in [-0.25, -0.2) is 14.4 Å². The lowest BCUT2D eigenvalue weighted by molar-refractivity contribution is 0.582. The predicted octanol–water partition coefficient (Wildman–Crippen LogP) is 2.70. The molecule has 4 heteroatoms. The molecule has 0 aromatic carbocycles. The van der Waals surface area contributed by atoms with Gasteiger partial charge in [-0.15, -0.1) is 0 Å². The minimum atomic E-state index is -0.306. The molecule has 86 valence electrons. The Bertz CT molecular complexity index is 390. The molecule has 1 aliphatic rings. The normalized spacial score (nSPS) is 19.8. The molecule has 1 aromatic heterocycles. The van der Waals surface area contributed by atoms with Crippen molar-refractivity contribution in [2.24, 2.45) is 0 Å². The Kier molecular flexibility index (Phi) is 3.49. The molecule has 0 spiro atoms. The first kappa shape index (κ1) is 11.0. The van der Waals surface area contributed by atoms with E-state index in [0.29, 0.717) is 24.0 Å². The number of aryl methyl sites for hydroxylation is 1. The summed E-state index contributed by atoms with van der Waals surface area (Å²) in [6.45, 7) is 1.89. The molecular weight excluding hydrogens is 205 g/mol. The SMILES string of the molecule is CCc1ncnc(NC2CC=CCC2)c1F. The van der Waals surface area contributed by atoms with Crippen molar-refractivity contribution in [3.8, 4) is 0 Å². The number of halogens is 1. The van der Waals surface area contributed by atoms with Crippen LogP contribution in [0.15, 0.2) is 18.5 Å². The average molecular weight is 221 g/mol. The molecule has 0 radical (unpaired) electrons. The first-order valence-electron chi connectivity index (χ1n) is 5.72. The highest BCUT2D eigenvalue weighted by Crippen LogP contribution is 2.19. The minimum Gasteiger partial charge on any atom is -0.364 e. The molecule has 0 saturated heterocycles. The fraction of sp³-hybridized carbons (Fsp3) is 0.500. The van der Waals surface area contributed by atoms with Gasteiger partial charge in [-0.3, -0.25) is 0 Å². The van der Waals surface area contributed by atoms with E-state index in [-0.39, 0.29) is 5.82 Å². The summed E-state index contributed by atoms with van der Waals surface area (Å²) in [7, 11) is 0. The highest BCUT2D eigenvalue weighted by Gasteiger charge is 2.14. The molecule has 0 aliphatic heterocycles. The monoisotopic (exact) mass is 221 g/mol. The number of nitrogens with zero attached hydrogens (tertiary/aromatic N) is 2. The number of hydrogen-bond acceptors (Lipinski definition) is 3. The molecule has 0 fully saturated rings. The Morgan fingerprint density at radius 2 is 2.31 bits per heavy atom. The van der Waals surface area contributed by atoms with E-state index in [2.05, 4.69) is 27.4 Å². The van der Waals surface area contributed by atoms with Crippen molar-refractivity contribution in [2.45, 2.75) is 38.6 Å². The van der Waals surface area contributed by atoms with Crippen LogP contribution >= 0.6 is 0 Å². The molecule has 3 nitrogen and oxygen atoms in total. The molecule has 1 heterocycles. The van der Waals surface area contributed by atoms with Crippen LogP contribution in [-0.4, -0.2) is 16.0 Å². The van der Waals surface area contributed by atoms with Gasteiger partial charge in [-0.2, -0.15) is 0 Å². The van der Waals surface area contributed by atoms with Crippen LogP contribution in [0.5, 0.6) is 0 Å². The highest BCUT2D eigenvalue weighted by atomic mass is 19.1. The molecule has 1 N–H and O–H groups in total. The second-order valence-corrected chi connectivity index (χ2v) is 3.96. The predicted molar refractivity (Wildman–Crippen MR) is 61.8 cm³/mol. The van der Waals surface area contributed by atoms with Gasteiger partial charge in [0, 0.05) is 6.04 Å². The highest BCUT2D eigenvalue weighted by molar-refractivity contribution is 5.38. The Morgan fingerprint density at radius 3 is 3.00 bits per heavy atom. The Balaban J connectivity index is 2.11. The van der Waals surface area contributed by atoms with Crippen molar-refractivity contribution in [1.82, 2.24) is 9.97 Å². The Labute approximate surface area is 94.8 Å². The van der Waals surface area contributed by atoms with E-state index >= 15 is 0 Å². The number of hydrogen-bond donors (Lipinski definition) is 1. The maximum Gasteiger partial charge on any atom is 0.186 e. The van der Waals surface area contributed by atoms with Crippen molar-refractivity contribution >= 4 is 5.82 Å². The van der Waals surface area contributed by atoms with Crippen molar-refractivity contribution in [3.63, 3.8) is 0 Å². The summed E-state index contributed by atoms with van der Waals surface area (Å²) >= 11 is 0. The van der Waals surface area contributed by atoms with Gasteiger partial charge in [0.05, 0.1) is 5.69 Å². The second-order valence-electron chi connectivity index (χ2n) is 3.96. The van der Waals surface area contributed by atoms with Crippen LogP contribution < -0.4 is 5.32 Å². The smallest absolute Gasteiger partial charge is 0.186 e. The zero-order valence-electron chi connectivity index (χ0n) is 9.41. The summed E-state index contributed by atoms with van der Waals surface area (Å²) in [6.07, 6.45) is 9.31. The van der Waals surface area contributed by atoms with E-state index in [4.69, 9.17) is 0 Å². The first-order valence-corrected chi connectivity index (χ1v) is 5.72. The zero-order chi connectivity index (χ0) is 11.4. The fourth-order valence-electron chi connectivity index (χ4n) is 1.87. The van der Waals surface area contributed by atoms with Crippen LogP contribution in [0.2, 0.25) is 0 Å². The lowest BCUT2D eigenvalue weighted by atomic mass is 10.0. The van der Waals surface area contributed by atoms with E-state index in [1.807, 2.05) is 6.92 Å². The van der Waals surface area contributed by atoms with E-state index < -0.39 is 0 Å². The number of allylic oxidation sites excluding steroid dienone is 1. The van der Waals surface area contributed by atoms with Gasteiger partial charge in [0.2, 0.25) is 0 Å². The van der Waals surface area contributed by atoms with Gasteiger partial charge in [0.15, 0.2) is 11.6 Å². The second kappa shape index (κ2) is 5.05. The number of aromatic nitrogens is 2. The van der Waals surface area contributed by atoms with Gasteiger partial charge in [-0.1, -0.05) is 19.1 Å². The molecule has 1 aliphatic carbocycles. The van der Waals surface area contributed by atoms with Crippen molar-refractivity contribution in [2.75, 3.05) is 5.32 Å². The molecule has 0 saturated carbocycles. The van der Waals surface area contributed by atoms with Gasteiger partial charge < -0.3 is 5.32 Å².